The number of nitrogens with one attached hydrogen (secondary N) is 1. The molecular formula is C7H15N2Si. The van der Waals surface area contributed by atoms with Gasteiger partial charge >= 0.3 is 0 Å². The molecule has 1 N–H and O–H groups in total. The van der Waals surface area contributed by atoms with Crippen molar-refractivity contribution in [2.24, 2.45) is 0 Å². The van der Waals surface area contributed by atoms with Crippen LogP contribution >= 0.6 is 0 Å². The zero-order valence-corrected chi connectivity index (χ0v) is 7.40. The molecule has 0 aromatic rings. The molecule has 1 heterocycles. The summed E-state index contributed by atoms with van der Waals surface area (Å²) in [6, 6.07) is 1.13. The Bertz CT molecular complexity index is 81.7. The molecule has 0 unspecified atom stereocenters. The summed E-state index contributed by atoms with van der Waals surface area (Å²) in [5, 5.41) is 3.34. The van der Waals surface area contributed by atoms with Crippen molar-refractivity contribution in [1.29, 1.82) is 0 Å². The summed E-state index contributed by atoms with van der Waals surface area (Å²) in [6.45, 7) is 6.05. The van der Waals surface area contributed by atoms with Gasteiger partial charge in [-0.2, -0.15) is 0 Å². The highest BCUT2D eigenvalue weighted by molar-refractivity contribution is 6.08. The fourth-order valence-electron chi connectivity index (χ4n) is 1.24. The van der Waals surface area contributed by atoms with E-state index in [1.54, 1.807) is 0 Å². The quantitative estimate of drug-likeness (QED) is 0.571. The molecular weight excluding hydrogens is 140 g/mol. The van der Waals surface area contributed by atoms with Gasteiger partial charge in [-0.05, 0) is 13.0 Å². The molecule has 0 spiro atoms. The number of hydrogen-bond donors (Lipinski definition) is 1. The van der Waals surface area contributed by atoms with E-state index in [1.165, 1.54) is 39.1 Å². The van der Waals surface area contributed by atoms with Crippen LogP contribution in [0.5, 0.6) is 0 Å². The van der Waals surface area contributed by atoms with Crippen molar-refractivity contribution in [1.82, 2.24) is 10.2 Å². The summed E-state index contributed by atoms with van der Waals surface area (Å²) >= 11 is 0. The zero-order chi connectivity index (χ0) is 7.23. The molecule has 0 aromatic carbocycles. The van der Waals surface area contributed by atoms with E-state index in [9.17, 15) is 0 Å². The van der Waals surface area contributed by atoms with Crippen molar-refractivity contribution >= 4 is 10.2 Å². The van der Waals surface area contributed by atoms with Gasteiger partial charge in [0, 0.05) is 36.4 Å². The van der Waals surface area contributed by atoms with E-state index in [0.29, 0.717) is 0 Å². The minimum atomic E-state index is 1.13. The Balaban J connectivity index is 2.02. The summed E-state index contributed by atoms with van der Waals surface area (Å²) in [5.74, 6) is 0. The molecule has 1 rings (SSSR count). The van der Waals surface area contributed by atoms with Crippen molar-refractivity contribution in [3.8, 4) is 0 Å². The molecule has 1 aliphatic rings. The van der Waals surface area contributed by atoms with E-state index in [-0.39, 0.29) is 0 Å². The molecule has 0 atom stereocenters. The Morgan fingerprint density at radius 1 is 1.30 bits per heavy atom. The first-order chi connectivity index (χ1) is 4.93. The monoisotopic (exact) mass is 155 g/mol. The van der Waals surface area contributed by atoms with Crippen molar-refractivity contribution in [3.63, 3.8) is 0 Å². The van der Waals surface area contributed by atoms with Gasteiger partial charge in [-0.25, -0.2) is 0 Å². The first kappa shape index (κ1) is 8.24. The Morgan fingerprint density at radius 2 is 2.00 bits per heavy atom. The van der Waals surface area contributed by atoms with Gasteiger partial charge in [-0.1, -0.05) is 6.04 Å². The molecule has 10 heavy (non-hydrogen) atoms. The summed E-state index contributed by atoms with van der Waals surface area (Å²) < 4.78 is 0. The second kappa shape index (κ2) is 4.88. The molecule has 0 aromatic heterocycles. The lowest BCUT2D eigenvalue weighted by Gasteiger charge is -2.26. The van der Waals surface area contributed by atoms with Crippen LogP contribution in [-0.4, -0.2) is 47.9 Å². The van der Waals surface area contributed by atoms with Gasteiger partial charge in [-0.15, -0.1) is 0 Å². The Morgan fingerprint density at radius 3 is 2.60 bits per heavy atom. The van der Waals surface area contributed by atoms with Crippen molar-refractivity contribution in [2.75, 3.05) is 32.7 Å². The maximum absolute atomic E-state index is 3.48. The van der Waals surface area contributed by atoms with Crippen molar-refractivity contribution < 1.29 is 0 Å². The van der Waals surface area contributed by atoms with Gasteiger partial charge in [0.05, 0.1) is 0 Å². The third-order valence-corrected chi connectivity index (χ3v) is 2.21. The minimum Gasteiger partial charge on any atom is -0.314 e. The van der Waals surface area contributed by atoms with E-state index in [4.69, 9.17) is 0 Å². The lowest BCUT2D eigenvalue weighted by Crippen LogP contribution is -2.43. The topological polar surface area (TPSA) is 15.3 Å². The second-order valence-corrected chi connectivity index (χ2v) is 3.20. The van der Waals surface area contributed by atoms with E-state index in [0.717, 1.165) is 6.04 Å². The average molecular weight is 155 g/mol. The van der Waals surface area contributed by atoms with Crippen molar-refractivity contribution in [2.45, 2.75) is 12.5 Å². The molecule has 57 valence electrons. The standard InChI is InChI=1S/C7H15N2Si/c10-7-1-4-9-5-2-8-3-6-9/h8H,1-7H2. The highest BCUT2D eigenvalue weighted by atomic mass is 28.1. The van der Waals surface area contributed by atoms with Gasteiger partial charge in [0.2, 0.25) is 0 Å². The Kier molecular flexibility index (Phi) is 4.02. The van der Waals surface area contributed by atoms with Gasteiger partial charge in [0.15, 0.2) is 0 Å². The largest absolute Gasteiger partial charge is 0.314 e. The lowest BCUT2D eigenvalue weighted by molar-refractivity contribution is 0.241. The highest BCUT2D eigenvalue weighted by Gasteiger charge is 2.06. The smallest absolute Gasteiger partial charge is 0.0222 e. The summed E-state index contributed by atoms with van der Waals surface area (Å²) in [7, 11) is 3.48. The predicted molar refractivity (Wildman–Crippen MR) is 44.5 cm³/mol. The molecule has 0 bridgehead atoms. The fourth-order valence-corrected chi connectivity index (χ4v) is 1.40. The van der Waals surface area contributed by atoms with E-state index in [2.05, 4.69) is 20.5 Å². The highest BCUT2D eigenvalue weighted by Crippen LogP contribution is 1.95. The van der Waals surface area contributed by atoms with Gasteiger partial charge < -0.3 is 10.2 Å². The summed E-state index contributed by atoms with van der Waals surface area (Å²) in [6.07, 6.45) is 1.27. The zero-order valence-electron chi connectivity index (χ0n) is 6.40. The third-order valence-electron chi connectivity index (χ3n) is 1.86. The maximum Gasteiger partial charge on any atom is 0.0222 e. The van der Waals surface area contributed by atoms with Gasteiger partial charge in [0.1, 0.15) is 0 Å². The van der Waals surface area contributed by atoms with Gasteiger partial charge in [0.25, 0.3) is 0 Å². The third kappa shape index (κ3) is 2.81. The predicted octanol–water partition coefficient (Wildman–Crippen LogP) is -0.131. The lowest BCUT2D eigenvalue weighted by atomic mass is 10.3. The molecule has 1 aliphatic heterocycles. The first-order valence-electron chi connectivity index (χ1n) is 4.01. The van der Waals surface area contributed by atoms with Crippen LogP contribution in [0.4, 0.5) is 0 Å². The van der Waals surface area contributed by atoms with Crippen LogP contribution < -0.4 is 5.32 Å². The number of nitrogens with zero attached hydrogens (tertiary/aromatic N) is 1. The normalized spacial score (nSPS) is 21.3. The molecule has 3 radical (unpaired) electrons. The fraction of sp³-hybridized carbons (Fsp3) is 1.00. The summed E-state index contributed by atoms with van der Waals surface area (Å²) in [5.41, 5.74) is 0. The van der Waals surface area contributed by atoms with Crippen LogP contribution in [0.15, 0.2) is 0 Å². The van der Waals surface area contributed by atoms with E-state index in [1.807, 2.05) is 0 Å². The number of hydrogen-bond acceptors (Lipinski definition) is 2. The van der Waals surface area contributed by atoms with Crippen LogP contribution in [0, 0.1) is 0 Å². The molecule has 0 amide bonds. The number of piperazine rings is 1. The number of rotatable bonds is 3. The Hall–Kier alpha value is 0.137. The molecule has 0 aliphatic carbocycles. The average Bonchev–Trinajstić information content (AvgIpc) is 2.03. The molecule has 0 saturated carbocycles. The van der Waals surface area contributed by atoms with Crippen LogP contribution in [0.1, 0.15) is 6.42 Å². The van der Waals surface area contributed by atoms with Crippen LogP contribution in [0.2, 0.25) is 6.04 Å². The van der Waals surface area contributed by atoms with Gasteiger partial charge in [-0.3, -0.25) is 0 Å². The van der Waals surface area contributed by atoms with Crippen LogP contribution in [0.25, 0.3) is 0 Å². The first-order valence-corrected chi connectivity index (χ1v) is 4.72. The Labute approximate surface area is 66.4 Å². The molecule has 2 nitrogen and oxygen atoms in total. The van der Waals surface area contributed by atoms with E-state index < -0.39 is 0 Å². The van der Waals surface area contributed by atoms with E-state index >= 15 is 0 Å². The minimum absolute atomic E-state index is 1.13. The van der Waals surface area contributed by atoms with Crippen molar-refractivity contribution in [3.05, 3.63) is 0 Å². The molecule has 3 heteroatoms. The van der Waals surface area contributed by atoms with Crippen LogP contribution in [0.3, 0.4) is 0 Å². The molecule has 1 saturated heterocycles. The second-order valence-electron chi connectivity index (χ2n) is 2.70. The molecule has 1 fully saturated rings. The summed E-state index contributed by atoms with van der Waals surface area (Å²) in [4.78, 5) is 2.51. The SMILES string of the molecule is [Si]CCCN1CCNCC1. The maximum atomic E-state index is 3.48. The van der Waals surface area contributed by atoms with Crippen LogP contribution in [-0.2, 0) is 0 Å².